The highest BCUT2D eigenvalue weighted by atomic mass is 35.5. The van der Waals surface area contributed by atoms with Crippen LogP contribution < -0.4 is 0 Å². The van der Waals surface area contributed by atoms with Crippen LogP contribution >= 0.6 is 11.6 Å². The number of alkyl halides is 4. The molecule has 1 atom stereocenters. The van der Waals surface area contributed by atoms with Crippen LogP contribution in [-0.2, 0) is 12.6 Å². The summed E-state index contributed by atoms with van der Waals surface area (Å²) in [5.41, 5.74) is 0.271. The molecule has 0 N–H and O–H groups in total. The summed E-state index contributed by atoms with van der Waals surface area (Å²) in [5, 5.41) is 0.0410. The van der Waals surface area contributed by atoms with E-state index in [1.54, 1.807) is 0 Å². The van der Waals surface area contributed by atoms with Crippen molar-refractivity contribution in [2.45, 2.75) is 37.2 Å². The molecule has 1 aliphatic carbocycles. The topological polar surface area (TPSA) is 0 Å². The summed E-state index contributed by atoms with van der Waals surface area (Å²) in [4.78, 5) is 0. The molecule has 2 rings (SSSR count). The van der Waals surface area contributed by atoms with Crippen LogP contribution in [-0.4, -0.2) is 5.38 Å². The average molecular weight is 263 g/mol. The SMILES string of the molecule is FC(F)(F)c1ccc(CC(Cl)CC2CC2)cc1. The Kier molecular flexibility index (Phi) is 3.67. The van der Waals surface area contributed by atoms with Crippen LogP contribution in [0.1, 0.15) is 30.4 Å². The van der Waals surface area contributed by atoms with E-state index >= 15 is 0 Å². The van der Waals surface area contributed by atoms with E-state index in [9.17, 15) is 13.2 Å². The van der Waals surface area contributed by atoms with Crippen molar-refractivity contribution in [3.05, 3.63) is 35.4 Å². The van der Waals surface area contributed by atoms with Crippen LogP contribution in [0.3, 0.4) is 0 Å². The average Bonchev–Trinajstić information content (AvgIpc) is 3.01. The Morgan fingerprint density at radius 3 is 2.24 bits per heavy atom. The van der Waals surface area contributed by atoms with Gasteiger partial charge in [-0.15, -0.1) is 11.6 Å². The predicted molar refractivity (Wildman–Crippen MR) is 62.1 cm³/mol. The first-order chi connectivity index (χ1) is 7.95. The number of halogens is 4. The van der Waals surface area contributed by atoms with Crippen molar-refractivity contribution in [3.8, 4) is 0 Å². The van der Waals surface area contributed by atoms with E-state index in [1.807, 2.05) is 0 Å². The van der Waals surface area contributed by atoms with E-state index in [-0.39, 0.29) is 5.38 Å². The number of rotatable bonds is 4. The zero-order chi connectivity index (χ0) is 12.5. The van der Waals surface area contributed by atoms with Gasteiger partial charge in [0.1, 0.15) is 0 Å². The molecule has 1 aromatic rings. The van der Waals surface area contributed by atoms with Crippen LogP contribution in [0.2, 0.25) is 0 Å². The number of benzene rings is 1. The fraction of sp³-hybridized carbons (Fsp3) is 0.538. The Balaban J connectivity index is 1.92. The quantitative estimate of drug-likeness (QED) is 0.693. The van der Waals surface area contributed by atoms with Gasteiger partial charge in [-0.3, -0.25) is 0 Å². The smallest absolute Gasteiger partial charge is 0.166 e. The molecule has 0 saturated heterocycles. The lowest BCUT2D eigenvalue weighted by Gasteiger charge is -2.10. The maximum Gasteiger partial charge on any atom is 0.416 e. The fourth-order valence-corrected chi connectivity index (χ4v) is 2.31. The molecule has 1 saturated carbocycles. The molecule has 1 aliphatic rings. The minimum atomic E-state index is -4.26. The first kappa shape index (κ1) is 12.7. The largest absolute Gasteiger partial charge is 0.416 e. The monoisotopic (exact) mass is 262 g/mol. The second-order valence-electron chi connectivity index (χ2n) is 4.68. The summed E-state index contributed by atoms with van der Waals surface area (Å²) < 4.78 is 37.0. The maximum atomic E-state index is 12.3. The summed E-state index contributed by atoms with van der Waals surface area (Å²) >= 11 is 6.16. The highest BCUT2D eigenvalue weighted by Gasteiger charge is 2.30. The molecule has 0 aliphatic heterocycles. The van der Waals surface area contributed by atoms with Crippen LogP contribution in [0.15, 0.2) is 24.3 Å². The highest BCUT2D eigenvalue weighted by Crippen LogP contribution is 2.35. The second-order valence-corrected chi connectivity index (χ2v) is 5.29. The lowest BCUT2D eigenvalue weighted by Crippen LogP contribution is -2.07. The maximum absolute atomic E-state index is 12.3. The van der Waals surface area contributed by atoms with Crippen LogP contribution in [0.25, 0.3) is 0 Å². The second kappa shape index (κ2) is 4.89. The zero-order valence-corrected chi connectivity index (χ0v) is 10.1. The lowest BCUT2D eigenvalue weighted by molar-refractivity contribution is -0.137. The molecule has 94 valence electrons. The van der Waals surface area contributed by atoms with Gasteiger partial charge in [0.2, 0.25) is 0 Å². The molecule has 0 nitrogen and oxygen atoms in total. The van der Waals surface area contributed by atoms with Gasteiger partial charge < -0.3 is 0 Å². The van der Waals surface area contributed by atoms with E-state index in [2.05, 4.69) is 0 Å². The van der Waals surface area contributed by atoms with Crippen molar-refractivity contribution < 1.29 is 13.2 Å². The molecule has 0 aromatic heterocycles. The molecule has 1 fully saturated rings. The highest BCUT2D eigenvalue weighted by molar-refractivity contribution is 6.20. The minimum absolute atomic E-state index is 0.0410. The van der Waals surface area contributed by atoms with Gasteiger partial charge in [-0.1, -0.05) is 25.0 Å². The van der Waals surface area contributed by atoms with Crippen LogP contribution in [0.5, 0.6) is 0 Å². The molecule has 0 heterocycles. The number of hydrogen-bond donors (Lipinski definition) is 0. The van der Waals surface area contributed by atoms with Gasteiger partial charge >= 0.3 is 6.18 Å². The summed E-state index contributed by atoms with van der Waals surface area (Å²) in [6, 6.07) is 5.28. The predicted octanol–water partition coefficient (Wildman–Crippen LogP) is 4.66. The minimum Gasteiger partial charge on any atom is -0.166 e. The normalized spacial score (nSPS) is 18.1. The molecule has 4 heteroatoms. The van der Waals surface area contributed by atoms with Crippen molar-refractivity contribution >= 4 is 11.6 Å². The van der Waals surface area contributed by atoms with Gasteiger partial charge in [-0.25, -0.2) is 0 Å². The van der Waals surface area contributed by atoms with Gasteiger partial charge in [0.15, 0.2) is 0 Å². The van der Waals surface area contributed by atoms with Crippen LogP contribution in [0.4, 0.5) is 13.2 Å². The van der Waals surface area contributed by atoms with Gasteiger partial charge in [0, 0.05) is 5.38 Å². The molecular formula is C13H14ClF3. The van der Waals surface area contributed by atoms with Gasteiger partial charge in [0.05, 0.1) is 5.56 Å². The van der Waals surface area contributed by atoms with E-state index in [1.165, 1.54) is 25.0 Å². The van der Waals surface area contributed by atoms with Crippen molar-refractivity contribution in [1.82, 2.24) is 0 Å². The third kappa shape index (κ3) is 3.91. The van der Waals surface area contributed by atoms with E-state index < -0.39 is 11.7 Å². The molecule has 1 aromatic carbocycles. The molecule has 0 radical (unpaired) electrons. The summed E-state index contributed by atoms with van der Waals surface area (Å²) in [6.07, 6.45) is -0.141. The fourth-order valence-electron chi connectivity index (χ4n) is 1.88. The summed E-state index contributed by atoms with van der Waals surface area (Å²) in [6.45, 7) is 0. The zero-order valence-electron chi connectivity index (χ0n) is 9.30. The van der Waals surface area contributed by atoms with Crippen molar-refractivity contribution in [1.29, 1.82) is 0 Å². The Hall–Kier alpha value is -0.700. The molecule has 0 amide bonds. The Labute approximate surface area is 104 Å². The third-order valence-electron chi connectivity index (χ3n) is 3.02. The van der Waals surface area contributed by atoms with Gasteiger partial charge in [-0.2, -0.15) is 13.2 Å². The number of hydrogen-bond acceptors (Lipinski definition) is 0. The van der Waals surface area contributed by atoms with Crippen molar-refractivity contribution in [3.63, 3.8) is 0 Å². The summed E-state index contributed by atoms with van der Waals surface area (Å²) in [7, 11) is 0. The van der Waals surface area contributed by atoms with Gasteiger partial charge in [0.25, 0.3) is 0 Å². The molecular weight excluding hydrogens is 249 g/mol. The van der Waals surface area contributed by atoms with Crippen molar-refractivity contribution in [2.75, 3.05) is 0 Å². The Morgan fingerprint density at radius 1 is 1.18 bits per heavy atom. The molecule has 1 unspecified atom stereocenters. The molecule has 0 spiro atoms. The van der Waals surface area contributed by atoms with Gasteiger partial charge in [-0.05, 0) is 36.5 Å². The Bertz CT molecular complexity index is 365. The van der Waals surface area contributed by atoms with Crippen molar-refractivity contribution in [2.24, 2.45) is 5.92 Å². The Morgan fingerprint density at radius 2 is 1.76 bits per heavy atom. The third-order valence-corrected chi connectivity index (χ3v) is 3.36. The van der Waals surface area contributed by atoms with Crippen LogP contribution in [0, 0.1) is 5.92 Å². The standard InChI is InChI=1S/C13H14ClF3/c14-12(7-9-1-2-9)8-10-3-5-11(6-4-10)13(15,16)17/h3-6,9,12H,1-2,7-8H2. The molecule has 17 heavy (non-hydrogen) atoms. The lowest BCUT2D eigenvalue weighted by atomic mass is 10.0. The summed E-state index contributed by atoms with van der Waals surface area (Å²) in [5.74, 6) is 0.743. The first-order valence-corrected chi connectivity index (χ1v) is 6.19. The van der Waals surface area contributed by atoms with E-state index in [0.29, 0.717) is 6.42 Å². The first-order valence-electron chi connectivity index (χ1n) is 5.75. The van der Waals surface area contributed by atoms with E-state index in [0.717, 1.165) is 30.0 Å². The van der Waals surface area contributed by atoms with E-state index in [4.69, 9.17) is 11.6 Å². The molecule has 0 bridgehead atoms.